The summed E-state index contributed by atoms with van der Waals surface area (Å²) in [7, 11) is 0. The van der Waals surface area contributed by atoms with Gasteiger partial charge in [-0.2, -0.15) is 0 Å². The summed E-state index contributed by atoms with van der Waals surface area (Å²) in [6, 6.07) is 0. The van der Waals surface area contributed by atoms with Crippen molar-refractivity contribution in [3.63, 3.8) is 0 Å². The molecule has 0 aromatic heterocycles. The van der Waals surface area contributed by atoms with Crippen LogP contribution in [0.5, 0.6) is 0 Å². The standard InChI is InChI=1S/C24H38O6/c1-12-16(21-14(3)30-21)6-7-17(12)22(26)28-10-24(4,5)11-29-23(27)20-13(2)18-8-15(20)9-19(18)25/h12-21,25H,6-11H2,1-5H3. The van der Waals surface area contributed by atoms with Crippen LogP contribution in [-0.4, -0.2) is 48.6 Å². The summed E-state index contributed by atoms with van der Waals surface area (Å²) in [6.45, 7) is 10.7. The summed E-state index contributed by atoms with van der Waals surface area (Å²) in [5.74, 6) is 0.900. The van der Waals surface area contributed by atoms with E-state index < -0.39 is 5.41 Å². The third kappa shape index (κ3) is 4.14. The number of rotatable bonds is 7. The quantitative estimate of drug-likeness (QED) is 0.501. The van der Waals surface area contributed by atoms with E-state index in [0.29, 0.717) is 24.5 Å². The van der Waals surface area contributed by atoms with Gasteiger partial charge in [0.2, 0.25) is 0 Å². The van der Waals surface area contributed by atoms with Crippen molar-refractivity contribution in [2.75, 3.05) is 13.2 Å². The van der Waals surface area contributed by atoms with E-state index in [-0.39, 0.29) is 66.8 Å². The van der Waals surface area contributed by atoms with E-state index in [0.717, 1.165) is 19.3 Å². The Kier molecular flexibility index (Phi) is 5.95. The Balaban J connectivity index is 1.22. The molecule has 10 atom stereocenters. The molecule has 0 aromatic carbocycles. The number of aliphatic hydroxyl groups is 1. The summed E-state index contributed by atoms with van der Waals surface area (Å²) in [4.78, 5) is 25.4. The van der Waals surface area contributed by atoms with Gasteiger partial charge in [-0.05, 0) is 62.2 Å². The summed E-state index contributed by atoms with van der Waals surface area (Å²) in [5, 5.41) is 10.0. The molecule has 10 unspecified atom stereocenters. The molecular weight excluding hydrogens is 384 g/mol. The van der Waals surface area contributed by atoms with Gasteiger partial charge in [-0.25, -0.2) is 0 Å². The van der Waals surface area contributed by atoms with E-state index in [1.807, 2.05) is 13.8 Å². The minimum atomic E-state index is -0.430. The fourth-order valence-corrected chi connectivity index (χ4v) is 6.47. The molecule has 4 rings (SSSR count). The molecule has 170 valence electrons. The van der Waals surface area contributed by atoms with Crippen LogP contribution < -0.4 is 0 Å². The molecule has 6 nitrogen and oxygen atoms in total. The maximum absolute atomic E-state index is 12.7. The Morgan fingerprint density at radius 3 is 2.17 bits per heavy atom. The van der Waals surface area contributed by atoms with Crippen molar-refractivity contribution < 1.29 is 28.9 Å². The van der Waals surface area contributed by atoms with Gasteiger partial charge in [0.25, 0.3) is 0 Å². The maximum atomic E-state index is 12.7. The van der Waals surface area contributed by atoms with Gasteiger partial charge < -0.3 is 19.3 Å². The highest BCUT2D eigenvalue weighted by Gasteiger charge is 2.54. The molecule has 0 spiro atoms. The lowest BCUT2D eigenvalue weighted by atomic mass is 9.79. The van der Waals surface area contributed by atoms with Crippen LogP contribution in [0.3, 0.4) is 0 Å². The molecule has 30 heavy (non-hydrogen) atoms. The monoisotopic (exact) mass is 422 g/mol. The van der Waals surface area contributed by atoms with Crippen molar-refractivity contribution >= 4 is 11.9 Å². The molecular formula is C24H38O6. The van der Waals surface area contributed by atoms with Crippen LogP contribution in [-0.2, 0) is 23.8 Å². The highest BCUT2D eigenvalue weighted by molar-refractivity contribution is 5.74. The number of hydrogen-bond acceptors (Lipinski definition) is 6. The number of hydrogen-bond donors (Lipinski definition) is 1. The third-order valence-corrected chi connectivity index (χ3v) is 8.45. The van der Waals surface area contributed by atoms with E-state index in [1.54, 1.807) is 0 Å². The molecule has 0 aromatic rings. The SMILES string of the molecule is CC1OC1C1CCC(C(=O)OCC(C)(C)COC(=O)C2C3CC(O)C(C3)C2C)C1C. The number of epoxide rings is 1. The first kappa shape index (κ1) is 22.1. The second-order valence-corrected chi connectivity index (χ2v) is 11.2. The molecule has 1 N–H and O–H groups in total. The lowest BCUT2D eigenvalue weighted by Crippen LogP contribution is -2.37. The van der Waals surface area contributed by atoms with Gasteiger partial charge in [-0.1, -0.05) is 27.7 Å². The average Bonchev–Trinajstić information content (AvgIpc) is 3.00. The molecule has 0 amide bonds. The van der Waals surface area contributed by atoms with Crippen LogP contribution in [0.4, 0.5) is 0 Å². The molecule has 1 heterocycles. The van der Waals surface area contributed by atoms with E-state index in [1.165, 1.54) is 0 Å². The van der Waals surface area contributed by atoms with Gasteiger partial charge in [0.05, 0.1) is 43.4 Å². The number of aliphatic hydroxyl groups excluding tert-OH is 1. The van der Waals surface area contributed by atoms with Gasteiger partial charge in [0.1, 0.15) is 0 Å². The second-order valence-electron chi connectivity index (χ2n) is 11.2. The topological polar surface area (TPSA) is 85.4 Å². The van der Waals surface area contributed by atoms with E-state index in [2.05, 4.69) is 20.8 Å². The lowest BCUT2D eigenvalue weighted by molar-refractivity contribution is -0.161. The Morgan fingerprint density at radius 1 is 0.967 bits per heavy atom. The zero-order valence-electron chi connectivity index (χ0n) is 19.0. The van der Waals surface area contributed by atoms with Gasteiger partial charge in [0.15, 0.2) is 0 Å². The molecule has 1 aliphatic heterocycles. The zero-order valence-corrected chi connectivity index (χ0v) is 19.0. The third-order valence-electron chi connectivity index (χ3n) is 8.45. The number of esters is 2. The fourth-order valence-electron chi connectivity index (χ4n) is 6.47. The first-order valence-electron chi connectivity index (χ1n) is 11.8. The predicted octanol–water partition coefficient (Wildman–Crippen LogP) is 3.20. The molecule has 4 fully saturated rings. The number of fused-ring (bicyclic) bond motifs is 2. The van der Waals surface area contributed by atoms with Gasteiger partial charge in [-0.15, -0.1) is 0 Å². The molecule has 3 aliphatic carbocycles. The largest absolute Gasteiger partial charge is 0.465 e. The van der Waals surface area contributed by atoms with Crippen molar-refractivity contribution in [3.05, 3.63) is 0 Å². The molecule has 1 saturated heterocycles. The normalized spacial score (nSPS) is 44.9. The highest BCUT2D eigenvalue weighted by atomic mass is 16.6. The lowest BCUT2D eigenvalue weighted by Gasteiger charge is -2.31. The molecule has 6 heteroatoms. The minimum absolute atomic E-state index is 0.0638. The van der Waals surface area contributed by atoms with Crippen molar-refractivity contribution in [1.29, 1.82) is 0 Å². The molecule has 4 aliphatic rings. The summed E-state index contributed by atoms with van der Waals surface area (Å²) in [6.07, 6.45) is 3.88. The van der Waals surface area contributed by atoms with Gasteiger partial charge in [-0.3, -0.25) is 9.59 Å². The summed E-state index contributed by atoms with van der Waals surface area (Å²) >= 11 is 0. The van der Waals surface area contributed by atoms with Crippen LogP contribution in [0.15, 0.2) is 0 Å². The maximum Gasteiger partial charge on any atom is 0.309 e. The van der Waals surface area contributed by atoms with Crippen molar-refractivity contribution in [1.82, 2.24) is 0 Å². The Labute approximate surface area is 180 Å². The number of carbonyl (C=O) groups excluding carboxylic acids is 2. The van der Waals surface area contributed by atoms with E-state index >= 15 is 0 Å². The second kappa shape index (κ2) is 8.09. The molecule has 3 saturated carbocycles. The Morgan fingerprint density at radius 2 is 1.60 bits per heavy atom. The van der Waals surface area contributed by atoms with Crippen molar-refractivity contribution in [2.24, 2.45) is 46.8 Å². The van der Waals surface area contributed by atoms with Gasteiger partial charge >= 0.3 is 11.9 Å². The molecule has 2 bridgehead atoms. The Bertz CT molecular complexity index is 673. The summed E-state index contributed by atoms with van der Waals surface area (Å²) < 4.78 is 17.0. The van der Waals surface area contributed by atoms with E-state index in [4.69, 9.17) is 14.2 Å². The summed E-state index contributed by atoms with van der Waals surface area (Å²) in [5.41, 5.74) is -0.430. The van der Waals surface area contributed by atoms with Crippen LogP contribution in [0, 0.1) is 46.8 Å². The number of ether oxygens (including phenoxy) is 3. The van der Waals surface area contributed by atoms with Crippen molar-refractivity contribution in [2.45, 2.75) is 78.6 Å². The van der Waals surface area contributed by atoms with Crippen LogP contribution in [0.25, 0.3) is 0 Å². The Hall–Kier alpha value is -1.14. The average molecular weight is 423 g/mol. The smallest absolute Gasteiger partial charge is 0.309 e. The number of carbonyl (C=O) groups is 2. The van der Waals surface area contributed by atoms with Crippen LogP contribution >= 0.6 is 0 Å². The zero-order chi connectivity index (χ0) is 21.8. The highest BCUT2D eigenvalue weighted by Crippen LogP contribution is 2.52. The van der Waals surface area contributed by atoms with E-state index in [9.17, 15) is 14.7 Å². The molecule has 0 radical (unpaired) electrons. The van der Waals surface area contributed by atoms with Crippen LogP contribution in [0.2, 0.25) is 0 Å². The van der Waals surface area contributed by atoms with Crippen molar-refractivity contribution in [3.8, 4) is 0 Å². The first-order chi connectivity index (χ1) is 14.1. The van der Waals surface area contributed by atoms with Crippen LogP contribution in [0.1, 0.15) is 60.3 Å². The van der Waals surface area contributed by atoms with Gasteiger partial charge in [0, 0.05) is 5.41 Å². The minimum Gasteiger partial charge on any atom is -0.465 e. The fraction of sp³-hybridized carbons (Fsp3) is 0.917. The predicted molar refractivity (Wildman–Crippen MR) is 110 cm³/mol. The first-order valence-corrected chi connectivity index (χ1v) is 11.8.